The smallest absolute Gasteiger partial charge is 0.416 e. The van der Waals surface area contributed by atoms with Gasteiger partial charge in [-0.3, -0.25) is 0 Å². The Hall–Kier alpha value is -3.39. The predicted octanol–water partition coefficient (Wildman–Crippen LogP) is 5.42. The van der Waals surface area contributed by atoms with Crippen molar-refractivity contribution in [3.63, 3.8) is 0 Å². The fraction of sp³-hybridized carbons (Fsp3) is 0.208. The van der Waals surface area contributed by atoms with Gasteiger partial charge < -0.3 is 15.2 Å². The molecule has 1 amide bonds. The van der Waals surface area contributed by atoms with Gasteiger partial charge in [0.15, 0.2) is 0 Å². The average Bonchev–Trinajstić information content (AvgIpc) is 2.78. The number of rotatable bonds is 7. The Bertz CT molecular complexity index is 1010. The van der Waals surface area contributed by atoms with Gasteiger partial charge >= 0.3 is 12.3 Å². The Morgan fingerprint density at radius 1 is 0.906 bits per heavy atom. The van der Waals surface area contributed by atoms with Crippen molar-refractivity contribution in [2.24, 2.45) is 0 Å². The predicted molar refractivity (Wildman–Crippen MR) is 110 cm³/mol. The normalized spacial score (nSPS) is 13.3. The molecule has 168 valence electrons. The van der Waals surface area contributed by atoms with Crippen molar-refractivity contribution in [2.45, 2.75) is 31.3 Å². The zero-order valence-electron chi connectivity index (χ0n) is 16.9. The highest BCUT2D eigenvalue weighted by molar-refractivity contribution is 5.67. The minimum absolute atomic E-state index is 0.00627. The van der Waals surface area contributed by atoms with Crippen molar-refractivity contribution in [1.29, 1.82) is 0 Å². The number of alkyl carbamates (subject to hydrolysis) is 1. The van der Waals surface area contributed by atoms with Crippen LogP contribution in [-0.4, -0.2) is 17.2 Å². The molecule has 3 rings (SSSR count). The highest BCUT2D eigenvalue weighted by Gasteiger charge is 2.30. The quantitative estimate of drug-likeness (QED) is 0.476. The molecule has 0 radical (unpaired) electrons. The van der Waals surface area contributed by atoms with Crippen molar-refractivity contribution in [3.05, 3.63) is 107 Å². The summed E-state index contributed by atoms with van der Waals surface area (Å²) in [7, 11) is 0. The summed E-state index contributed by atoms with van der Waals surface area (Å²) in [4.78, 5) is 12.3. The highest BCUT2D eigenvalue weighted by Crippen LogP contribution is 2.29. The van der Waals surface area contributed by atoms with Crippen LogP contribution in [-0.2, 0) is 23.9 Å². The molecular weight excluding hydrogens is 426 g/mol. The van der Waals surface area contributed by atoms with Crippen LogP contribution in [0.15, 0.2) is 78.9 Å². The number of alkyl halides is 3. The van der Waals surface area contributed by atoms with E-state index in [9.17, 15) is 27.5 Å². The standard InChI is InChI=1S/C24H21F4NO3/c25-20-12-8-18(9-13-20)22(30)21(14-16-6-10-19(11-7-16)24(26,27)28)29-23(31)32-15-17-4-2-1-3-5-17/h1-13,21-22,30H,14-15H2,(H,29,31). The largest absolute Gasteiger partial charge is 0.445 e. The van der Waals surface area contributed by atoms with E-state index >= 15 is 0 Å². The molecule has 2 unspecified atom stereocenters. The molecule has 4 nitrogen and oxygen atoms in total. The Morgan fingerprint density at radius 2 is 1.53 bits per heavy atom. The molecule has 32 heavy (non-hydrogen) atoms. The number of ether oxygens (including phenoxy) is 1. The average molecular weight is 447 g/mol. The number of aliphatic hydroxyl groups excluding tert-OH is 1. The van der Waals surface area contributed by atoms with E-state index in [1.165, 1.54) is 36.4 Å². The summed E-state index contributed by atoms with van der Waals surface area (Å²) >= 11 is 0. The van der Waals surface area contributed by atoms with Gasteiger partial charge in [-0.25, -0.2) is 9.18 Å². The highest BCUT2D eigenvalue weighted by atomic mass is 19.4. The third kappa shape index (κ3) is 6.55. The first-order chi connectivity index (χ1) is 15.2. The number of nitrogens with one attached hydrogen (secondary N) is 1. The summed E-state index contributed by atoms with van der Waals surface area (Å²) in [5.74, 6) is -0.490. The lowest BCUT2D eigenvalue weighted by atomic mass is 9.95. The van der Waals surface area contributed by atoms with E-state index in [1.54, 1.807) is 24.3 Å². The Balaban J connectivity index is 1.74. The van der Waals surface area contributed by atoms with E-state index in [4.69, 9.17) is 4.74 Å². The maximum Gasteiger partial charge on any atom is 0.416 e. The van der Waals surface area contributed by atoms with Crippen LogP contribution in [0.4, 0.5) is 22.4 Å². The molecule has 0 fully saturated rings. The number of aliphatic hydroxyl groups is 1. The van der Waals surface area contributed by atoms with Crippen LogP contribution in [0.2, 0.25) is 0 Å². The van der Waals surface area contributed by atoms with E-state index in [0.717, 1.165) is 17.7 Å². The van der Waals surface area contributed by atoms with Crippen LogP contribution in [0.25, 0.3) is 0 Å². The van der Waals surface area contributed by atoms with Crippen LogP contribution in [0, 0.1) is 5.82 Å². The Kier molecular flexibility index (Phi) is 7.48. The molecule has 3 aromatic carbocycles. The first kappa shape index (κ1) is 23.3. The molecule has 2 N–H and O–H groups in total. The van der Waals surface area contributed by atoms with Crippen molar-refractivity contribution >= 4 is 6.09 Å². The Labute approximate surface area is 182 Å². The van der Waals surface area contributed by atoms with Gasteiger partial charge in [0, 0.05) is 0 Å². The van der Waals surface area contributed by atoms with Crippen molar-refractivity contribution in [2.75, 3.05) is 0 Å². The molecule has 8 heteroatoms. The SMILES string of the molecule is O=C(NC(Cc1ccc(C(F)(F)F)cc1)C(O)c1ccc(F)cc1)OCc1ccccc1. The van der Waals surface area contributed by atoms with Crippen LogP contribution in [0.3, 0.4) is 0 Å². The number of amides is 1. The minimum Gasteiger partial charge on any atom is -0.445 e. The minimum atomic E-state index is -4.47. The third-order valence-corrected chi connectivity index (χ3v) is 4.85. The fourth-order valence-corrected chi connectivity index (χ4v) is 3.13. The van der Waals surface area contributed by atoms with Crippen LogP contribution in [0.5, 0.6) is 0 Å². The third-order valence-electron chi connectivity index (χ3n) is 4.85. The molecule has 0 aliphatic carbocycles. The molecule has 0 spiro atoms. The van der Waals surface area contributed by atoms with Gasteiger partial charge in [-0.15, -0.1) is 0 Å². The van der Waals surface area contributed by atoms with E-state index < -0.39 is 35.8 Å². The number of hydrogen-bond donors (Lipinski definition) is 2. The second-order valence-electron chi connectivity index (χ2n) is 7.21. The molecule has 0 heterocycles. The van der Waals surface area contributed by atoms with E-state index in [2.05, 4.69) is 5.32 Å². The molecule has 0 aliphatic rings. The van der Waals surface area contributed by atoms with Crippen LogP contribution >= 0.6 is 0 Å². The van der Waals surface area contributed by atoms with E-state index in [1.807, 2.05) is 6.07 Å². The molecule has 0 saturated carbocycles. The van der Waals surface area contributed by atoms with Gasteiger partial charge in [-0.1, -0.05) is 54.6 Å². The molecule has 2 atom stereocenters. The van der Waals surface area contributed by atoms with Crippen molar-refractivity contribution in [3.8, 4) is 0 Å². The van der Waals surface area contributed by atoms with Gasteiger partial charge in [0.2, 0.25) is 0 Å². The number of carbonyl (C=O) groups is 1. The molecule has 3 aromatic rings. The summed E-state index contributed by atoms with van der Waals surface area (Å²) in [6, 6.07) is 17.5. The first-order valence-corrected chi connectivity index (χ1v) is 9.79. The van der Waals surface area contributed by atoms with Gasteiger partial charge in [0.05, 0.1) is 17.7 Å². The summed E-state index contributed by atoms with van der Waals surface area (Å²) < 4.78 is 56.9. The van der Waals surface area contributed by atoms with Crippen LogP contribution in [0.1, 0.15) is 28.4 Å². The van der Waals surface area contributed by atoms with Crippen LogP contribution < -0.4 is 5.32 Å². The summed E-state index contributed by atoms with van der Waals surface area (Å²) in [6.07, 6.45) is -6.49. The van der Waals surface area contributed by atoms with Gasteiger partial charge in [-0.2, -0.15) is 13.2 Å². The zero-order chi connectivity index (χ0) is 23.1. The van der Waals surface area contributed by atoms with Gasteiger partial charge in [0.1, 0.15) is 12.4 Å². The first-order valence-electron chi connectivity index (χ1n) is 9.79. The maximum atomic E-state index is 13.2. The second-order valence-corrected chi connectivity index (χ2v) is 7.21. The Morgan fingerprint density at radius 3 is 2.12 bits per heavy atom. The molecule has 0 aliphatic heterocycles. The zero-order valence-corrected chi connectivity index (χ0v) is 16.9. The molecular formula is C24H21F4NO3. The van der Waals surface area contributed by atoms with Crippen molar-refractivity contribution in [1.82, 2.24) is 5.32 Å². The maximum absolute atomic E-state index is 13.2. The van der Waals surface area contributed by atoms with Gasteiger partial charge in [-0.05, 0) is 47.4 Å². The van der Waals surface area contributed by atoms with E-state index in [0.29, 0.717) is 11.1 Å². The number of benzene rings is 3. The second kappa shape index (κ2) is 10.3. The monoisotopic (exact) mass is 447 g/mol. The van der Waals surface area contributed by atoms with Gasteiger partial charge in [0.25, 0.3) is 0 Å². The lowest BCUT2D eigenvalue weighted by molar-refractivity contribution is -0.137. The number of hydrogen-bond acceptors (Lipinski definition) is 3. The summed E-state index contributed by atoms with van der Waals surface area (Å²) in [5, 5.41) is 13.3. The topological polar surface area (TPSA) is 58.6 Å². The molecule has 0 saturated heterocycles. The lowest BCUT2D eigenvalue weighted by Gasteiger charge is -2.24. The summed E-state index contributed by atoms with van der Waals surface area (Å²) in [6.45, 7) is 0.00627. The fourth-order valence-electron chi connectivity index (χ4n) is 3.13. The number of carbonyl (C=O) groups excluding carboxylic acids is 1. The molecule has 0 bridgehead atoms. The van der Waals surface area contributed by atoms with E-state index in [-0.39, 0.29) is 13.0 Å². The summed E-state index contributed by atoms with van der Waals surface area (Å²) in [5.41, 5.74) is 0.771. The lowest BCUT2D eigenvalue weighted by Crippen LogP contribution is -2.41. The van der Waals surface area contributed by atoms with Crippen molar-refractivity contribution < 1.29 is 32.2 Å². The molecule has 0 aromatic heterocycles. The number of halogens is 4.